The molecule has 0 N–H and O–H groups in total. The molecule has 0 unspecified atom stereocenters. The van der Waals surface area contributed by atoms with E-state index in [-0.39, 0.29) is 18.0 Å². The van der Waals surface area contributed by atoms with Gasteiger partial charge in [0.1, 0.15) is 0 Å². The van der Waals surface area contributed by atoms with Gasteiger partial charge >= 0.3 is 6.09 Å². The summed E-state index contributed by atoms with van der Waals surface area (Å²) in [5, 5.41) is 0. The van der Waals surface area contributed by atoms with Crippen molar-refractivity contribution in [1.82, 2.24) is 0 Å². The first-order chi connectivity index (χ1) is 13.4. The number of halogens is 1. The molecule has 0 spiro atoms. The van der Waals surface area contributed by atoms with Gasteiger partial charge in [0.15, 0.2) is 0 Å². The molecule has 0 aliphatic carbocycles. The lowest BCUT2D eigenvalue weighted by molar-refractivity contribution is 0.0980. The van der Waals surface area contributed by atoms with Gasteiger partial charge in [0.2, 0.25) is 0 Å². The van der Waals surface area contributed by atoms with Crippen LogP contribution >= 0.6 is 15.9 Å². The first-order valence-corrected chi connectivity index (χ1v) is 10.3. The number of anilines is 2. The van der Waals surface area contributed by atoms with Crippen LogP contribution in [0, 0.1) is 13.8 Å². The molecule has 0 saturated carbocycles. The predicted molar refractivity (Wildman–Crippen MR) is 115 cm³/mol. The SMILES string of the molecule is CCOC(=O)N1c2cc(C)c(C)cc2N(C(=O)c2ccccc2Br)C[C@@H]1CC. The molecule has 2 amide bonds. The van der Waals surface area contributed by atoms with E-state index in [1.165, 1.54) is 0 Å². The number of ether oxygens (including phenoxy) is 1. The number of benzene rings is 2. The van der Waals surface area contributed by atoms with E-state index in [1.54, 1.807) is 16.7 Å². The highest BCUT2D eigenvalue weighted by Gasteiger charge is 2.38. The fourth-order valence-corrected chi connectivity index (χ4v) is 3.96. The molecule has 148 valence electrons. The summed E-state index contributed by atoms with van der Waals surface area (Å²) in [6.45, 7) is 8.57. The molecule has 0 saturated heterocycles. The monoisotopic (exact) mass is 444 g/mol. The van der Waals surface area contributed by atoms with E-state index >= 15 is 0 Å². The maximum absolute atomic E-state index is 13.4. The molecule has 0 radical (unpaired) electrons. The lowest BCUT2D eigenvalue weighted by Crippen LogP contribution is -2.53. The Hall–Kier alpha value is -2.34. The summed E-state index contributed by atoms with van der Waals surface area (Å²) in [7, 11) is 0. The maximum Gasteiger partial charge on any atom is 0.414 e. The zero-order chi connectivity index (χ0) is 20.4. The van der Waals surface area contributed by atoms with Gasteiger partial charge in [-0.25, -0.2) is 4.79 Å². The normalized spacial score (nSPS) is 16.0. The Morgan fingerprint density at radius 3 is 2.36 bits per heavy atom. The van der Waals surface area contributed by atoms with Gasteiger partial charge in [-0.15, -0.1) is 0 Å². The van der Waals surface area contributed by atoms with Crippen molar-refractivity contribution in [2.24, 2.45) is 0 Å². The largest absolute Gasteiger partial charge is 0.449 e. The van der Waals surface area contributed by atoms with Crippen LogP contribution in [0.15, 0.2) is 40.9 Å². The maximum atomic E-state index is 13.4. The predicted octanol–water partition coefficient (Wildman–Crippen LogP) is 5.47. The summed E-state index contributed by atoms with van der Waals surface area (Å²) in [5.41, 5.74) is 4.20. The number of amides is 2. The molecule has 2 aromatic rings. The summed E-state index contributed by atoms with van der Waals surface area (Å²) >= 11 is 3.49. The van der Waals surface area contributed by atoms with Crippen molar-refractivity contribution in [2.75, 3.05) is 23.0 Å². The van der Waals surface area contributed by atoms with Gasteiger partial charge < -0.3 is 9.64 Å². The van der Waals surface area contributed by atoms with Crippen molar-refractivity contribution in [2.45, 2.75) is 40.2 Å². The lowest BCUT2D eigenvalue weighted by Gasteiger charge is -2.42. The van der Waals surface area contributed by atoms with Crippen LogP contribution in [0.1, 0.15) is 41.8 Å². The van der Waals surface area contributed by atoms with Crippen molar-refractivity contribution >= 4 is 39.3 Å². The zero-order valence-corrected chi connectivity index (χ0v) is 18.2. The van der Waals surface area contributed by atoms with E-state index in [1.807, 2.05) is 57.2 Å². The molecule has 2 aromatic carbocycles. The number of fused-ring (bicyclic) bond motifs is 1. The minimum atomic E-state index is -0.369. The summed E-state index contributed by atoms with van der Waals surface area (Å²) in [6, 6.07) is 11.2. The van der Waals surface area contributed by atoms with Crippen molar-refractivity contribution in [3.63, 3.8) is 0 Å². The fraction of sp³-hybridized carbons (Fsp3) is 0.364. The minimum Gasteiger partial charge on any atom is -0.449 e. The summed E-state index contributed by atoms with van der Waals surface area (Å²) in [6.07, 6.45) is 0.345. The Balaban J connectivity index is 2.14. The zero-order valence-electron chi connectivity index (χ0n) is 16.7. The van der Waals surface area contributed by atoms with Crippen molar-refractivity contribution in [1.29, 1.82) is 0 Å². The molecule has 1 aliphatic heterocycles. The van der Waals surface area contributed by atoms with E-state index in [2.05, 4.69) is 15.9 Å². The fourth-order valence-electron chi connectivity index (χ4n) is 3.51. The third kappa shape index (κ3) is 3.65. The van der Waals surface area contributed by atoms with Gasteiger partial charge in [-0.2, -0.15) is 0 Å². The highest BCUT2D eigenvalue weighted by Crippen LogP contribution is 2.40. The molecule has 0 bridgehead atoms. The van der Waals surface area contributed by atoms with Gasteiger partial charge in [0.25, 0.3) is 5.91 Å². The van der Waals surface area contributed by atoms with Gasteiger partial charge in [-0.1, -0.05) is 19.1 Å². The number of hydrogen-bond donors (Lipinski definition) is 0. The van der Waals surface area contributed by atoms with Crippen molar-refractivity contribution < 1.29 is 14.3 Å². The van der Waals surface area contributed by atoms with Crippen LogP contribution in [0.2, 0.25) is 0 Å². The Kier molecular flexibility index (Phi) is 6.08. The average molecular weight is 445 g/mol. The summed E-state index contributed by atoms with van der Waals surface area (Å²) < 4.78 is 6.07. The second-order valence-electron chi connectivity index (χ2n) is 6.95. The quantitative estimate of drug-likeness (QED) is 0.630. The van der Waals surface area contributed by atoms with E-state index in [4.69, 9.17) is 4.74 Å². The van der Waals surface area contributed by atoms with E-state index in [9.17, 15) is 9.59 Å². The van der Waals surface area contributed by atoms with Crippen LogP contribution in [-0.2, 0) is 4.74 Å². The lowest BCUT2D eigenvalue weighted by atomic mass is 9.99. The van der Waals surface area contributed by atoms with E-state index in [0.29, 0.717) is 25.1 Å². The van der Waals surface area contributed by atoms with E-state index < -0.39 is 0 Å². The molecule has 28 heavy (non-hydrogen) atoms. The molecule has 0 aromatic heterocycles. The molecular weight excluding hydrogens is 420 g/mol. The van der Waals surface area contributed by atoms with E-state index in [0.717, 1.165) is 27.0 Å². The van der Waals surface area contributed by atoms with Crippen LogP contribution in [0.4, 0.5) is 16.2 Å². The minimum absolute atomic E-state index is 0.0843. The van der Waals surface area contributed by atoms with Gasteiger partial charge in [-0.05, 0) is 78.5 Å². The molecule has 3 rings (SSSR count). The van der Waals surface area contributed by atoms with Gasteiger partial charge in [-0.3, -0.25) is 9.69 Å². The van der Waals surface area contributed by atoms with Crippen LogP contribution in [0.5, 0.6) is 0 Å². The second kappa shape index (κ2) is 8.35. The summed E-state index contributed by atoms with van der Waals surface area (Å²) in [5.74, 6) is -0.0843. The van der Waals surface area contributed by atoms with Crippen LogP contribution in [0.3, 0.4) is 0 Å². The number of rotatable bonds is 3. The first kappa shape index (κ1) is 20.4. The van der Waals surface area contributed by atoms with Crippen LogP contribution in [-0.4, -0.2) is 31.2 Å². The highest BCUT2D eigenvalue weighted by molar-refractivity contribution is 9.10. The molecule has 1 aliphatic rings. The molecule has 0 fully saturated rings. The standard InChI is InChI=1S/C22H25BrN2O3/c1-5-16-13-24(21(26)17-9-7-8-10-18(17)23)19-11-14(3)15(4)12-20(19)25(16)22(27)28-6-2/h7-12,16H,5-6,13H2,1-4H3/t16-/m0/s1. The Bertz CT molecular complexity index is 913. The first-order valence-electron chi connectivity index (χ1n) is 9.52. The topological polar surface area (TPSA) is 49.9 Å². The Labute approximate surface area is 174 Å². The third-order valence-electron chi connectivity index (χ3n) is 5.18. The molecular formula is C22H25BrN2O3. The average Bonchev–Trinajstić information content (AvgIpc) is 2.67. The van der Waals surface area contributed by atoms with Gasteiger partial charge in [0.05, 0.1) is 29.6 Å². The summed E-state index contributed by atoms with van der Waals surface area (Å²) in [4.78, 5) is 29.6. The third-order valence-corrected chi connectivity index (χ3v) is 5.88. The van der Waals surface area contributed by atoms with Crippen LogP contribution < -0.4 is 9.80 Å². The number of carbonyl (C=O) groups is 2. The number of hydrogen-bond acceptors (Lipinski definition) is 3. The molecule has 1 atom stereocenters. The second-order valence-corrected chi connectivity index (χ2v) is 7.81. The number of carbonyl (C=O) groups excluding carboxylic acids is 2. The Morgan fingerprint density at radius 2 is 1.75 bits per heavy atom. The molecule has 5 nitrogen and oxygen atoms in total. The smallest absolute Gasteiger partial charge is 0.414 e. The number of nitrogens with zero attached hydrogens (tertiary/aromatic N) is 2. The van der Waals surface area contributed by atoms with Gasteiger partial charge in [0, 0.05) is 11.0 Å². The Morgan fingerprint density at radius 1 is 1.11 bits per heavy atom. The van der Waals surface area contributed by atoms with Crippen LogP contribution in [0.25, 0.3) is 0 Å². The van der Waals surface area contributed by atoms with Crippen molar-refractivity contribution in [3.8, 4) is 0 Å². The molecule has 6 heteroatoms. The number of aryl methyl sites for hydroxylation is 2. The molecule has 1 heterocycles. The van der Waals surface area contributed by atoms with Crippen molar-refractivity contribution in [3.05, 3.63) is 57.6 Å². The highest BCUT2D eigenvalue weighted by atomic mass is 79.9.